The maximum absolute atomic E-state index is 13.6. The largest absolute Gasteiger partial charge is 0.354 e. The smallest absolute Gasteiger partial charge is 0.280 e. The predicted molar refractivity (Wildman–Crippen MR) is 117 cm³/mol. The van der Waals surface area contributed by atoms with Gasteiger partial charge in [-0.1, -0.05) is 11.6 Å². The Morgan fingerprint density at radius 1 is 1.16 bits per heavy atom. The first-order valence-corrected chi connectivity index (χ1v) is 10.4. The number of benzene rings is 1. The van der Waals surface area contributed by atoms with E-state index in [1.165, 1.54) is 0 Å². The number of nitrogens with zero attached hydrogens (tertiary/aromatic N) is 4. The highest BCUT2D eigenvalue weighted by Crippen LogP contribution is 2.25. The highest BCUT2D eigenvalue weighted by Gasteiger charge is 2.19. The summed E-state index contributed by atoms with van der Waals surface area (Å²) >= 11 is 5.89. The molecule has 1 fully saturated rings. The summed E-state index contributed by atoms with van der Waals surface area (Å²) in [5.74, 6) is 0.112. The first-order valence-electron chi connectivity index (χ1n) is 9.99. The van der Waals surface area contributed by atoms with Crippen LogP contribution < -0.4 is 10.5 Å². The van der Waals surface area contributed by atoms with Crippen molar-refractivity contribution in [1.82, 2.24) is 14.9 Å². The Kier molecular flexibility index (Phi) is 6.15. The first-order chi connectivity index (χ1) is 14.9. The fourth-order valence-corrected chi connectivity index (χ4v) is 4.01. The number of aromatic nitrogens is 2. The molecule has 1 aliphatic rings. The van der Waals surface area contributed by atoms with Crippen molar-refractivity contribution in [2.75, 3.05) is 37.6 Å². The normalized spacial score (nSPS) is 14.8. The van der Waals surface area contributed by atoms with Crippen LogP contribution in [0.3, 0.4) is 0 Å². The molecule has 1 aliphatic heterocycles. The van der Waals surface area contributed by atoms with Crippen LogP contribution >= 0.6 is 11.6 Å². The Hall–Kier alpha value is -3.04. The molecule has 0 spiro atoms. The number of rotatable bonds is 6. The molecule has 2 aromatic heterocycles. The number of H-pyrrole nitrogens is 1. The van der Waals surface area contributed by atoms with Gasteiger partial charge in [-0.3, -0.25) is 19.8 Å². The summed E-state index contributed by atoms with van der Waals surface area (Å²) in [4.78, 5) is 34.5. The second-order valence-corrected chi connectivity index (χ2v) is 7.97. The Bertz CT molecular complexity index is 1160. The van der Waals surface area contributed by atoms with Gasteiger partial charge < -0.3 is 9.88 Å². The number of nitrogens with one attached hydrogen (secondary N) is 1. The second kappa shape index (κ2) is 8.99. The van der Waals surface area contributed by atoms with Gasteiger partial charge >= 0.3 is 0 Å². The minimum Gasteiger partial charge on any atom is -0.354 e. The van der Waals surface area contributed by atoms with E-state index in [0.717, 1.165) is 57.1 Å². The van der Waals surface area contributed by atoms with Crippen LogP contribution in [-0.4, -0.2) is 52.5 Å². The van der Waals surface area contributed by atoms with E-state index in [2.05, 4.69) is 19.8 Å². The Morgan fingerprint density at radius 2 is 1.94 bits per heavy atom. The van der Waals surface area contributed by atoms with Gasteiger partial charge in [-0.05, 0) is 43.7 Å². The lowest BCUT2D eigenvalue weighted by molar-refractivity contribution is -0.383. The maximum atomic E-state index is 13.6. The van der Waals surface area contributed by atoms with Crippen molar-refractivity contribution in [2.24, 2.45) is 0 Å². The van der Waals surface area contributed by atoms with Gasteiger partial charge in [0.25, 0.3) is 11.2 Å². The zero-order valence-corrected chi connectivity index (χ0v) is 17.4. The molecule has 0 atom stereocenters. The van der Waals surface area contributed by atoms with E-state index in [-0.39, 0.29) is 10.8 Å². The monoisotopic (exact) mass is 445 g/mol. The number of aryl methyl sites for hydroxylation is 1. The number of piperazine rings is 1. The van der Waals surface area contributed by atoms with E-state index >= 15 is 0 Å². The number of fused-ring (bicyclic) bond motifs is 1. The first kappa shape index (κ1) is 21.2. The number of halogens is 2. The van der Waals surface area contributed by atoms with Crippen molar-refractivity contribution < 1.29 is 9.31 Å². The average molecular weight is 446 g/mol. The predicted octanol–water partition coefficient (Wildman–Crippen LogP) is 3.38. The second-order valence-electron chi connectivity index (χ2n) is 7.53. The number of non-ortho nitro benzene ring substituents is 1. The number of aromatic amines is 1. The van der Waals surface area contributed by atoms with E-state index < -0.39 is 22.0 Å². The van der Waals surface area contributed by atoms with Crippen LogP contribution in [0.25, 0.3) is 10.8 Å². The molecule has 0 unspecified atom stereocenters. The summed E-state index contributed by atoms with van der Waals surface area (Å²) in [6.07, 6.45) is 3.00. The summed E-state index contributed by atoms with van der Waals surface area (Å²) in [5.41, 5.74) is -0.301. The number of pyridine rings is 2. The maximum Gasteiger partial charge on any atom is 0.280 e. The van der Waals surface area contributed by atoms with Gasteiger partial charge in [0, 0.05) is 38.1 Å². The molecular weight excluding hydrogens is 425 g/mol. The fraction of sp³-hybridized carbons (Fsp3) is 0.333. The summed E-state index contributed by atoms with van der Waals surface area (Å²) in [6.45, 7) is 4.35. The Balaban J connectivity index is 1.36. The number of anilines is 1. The van der Waals surface area contributed by atoms with Crippen molar-refractivity contribution in [3.05, 3.63) is 73.5 Å². The van der Waals surface area contributed by atoms with Crippen molar-refractivity contribution in [2.45, 2.75) is 12.8 Å². The quantitative estimate of drug-likeness (QED) is 0.461. The summed E-state index contributed by atoms with van der Waals surface area (Å²) in [5, 5.41) is 12.0. The number of hydrogen-bond acceptors (Lipinski definition) is 6. The van der Waals surface area contributed by atoms with E-state index in [0.29, 0.717) is 17.1 Å². The van der Waals surface area contributed by atoms with Crippen LogP contribution in [0.5, 0.6) is 0 Å². The molecule has 10 heteroatoms. The summed E-state index contributed by atoms with van der Waals surface area (Å²) < 4.78 is 13.6. The van der Waals surface area contributed by atoms with Crippen molar-refractivity contribution in [1.29, 1.82) is 0 Å². The zero-order valence-electron chi connectivity index (χ0n) is 16.7. The lowest BCUT2D eigenvalue weighted by Crippen LogP contribution is -2.47. The standard InChI is InChI=1S/C21H21ClFN5O3/c22-14-3-4-20(24-13-14)27-8-6-26(7-9-27)5-1-2-16-12-17-18(21(29)25-16)10-15(23)11-19(17)28(30)31/h3-4,10-13H,1-2,5-9H2,(H,25,29). The van der Waals surface area contributed by atoms with Crippen LogP contribution in [0.2, 0.25) is 5.02 Å². The van der Waals surface area contributed by atoms with Gasteiger partial charge in [0.2, 0.25) is 0 Å². The molecule has 0 radical (unpaired) electrons. The van der Waals surface area contributed by atoms with Gasteiger partial charge in [-0.25, -0.2) is 9.37 Å². The third-order valence-electron chi connectivity index (χ3n) is 5.49. The minimum absolute atomic E-state index is 0.0117. The lowest BCUT2D eigenvalue weighted by atomic mass is 10.1. The molecule has 0 amide bonds. The van der Waals surface area contributed by atoms with Crippen molar-refractivity contribution in [3.63, 3.8) is 0 Å². The fourth-order valence-electron chi connectivity index (χ4n) is 3.90. The molecule has 1 N–H and O–H groups in total. The van der Waals surface area contributed by atoms with Gasteiger partial charge in [0.15, 0.2) is 0 Å². The average Bonchev–Trinajstić information content (AvgIpc) is 2.75. The molecule has 1 saturated heterocycles. The van der Waals surface area contributed by atoms with Crippen LogP contribution in [0.1, 0.15) is 12.1 Å². The lowest BCUT2D eigenvalue weighted by Gasteiger charge is -2.35. The van der Waals surface area contributed by atoms with Crippen molar-refractivity contribution >= 4 is 33.9 Å². The van der Waals surface area contributed by atoms with E-state index in [9.17, 15) is 19.3 Å². The molecule has 162 valence electrons. The zero-order chi connectivity index (χ0) is 22.0. The topological polar surface area (TPSA) is 95.4 Å². The molecule has 8 nitrogen and oxygen atoms in total. The third-order valence-corrected chi connectivity index (χ3v) is 5.71. The minimum atomic E-state index is -0.801. The number of hydrogen-bond donors (Lipinski definition) is 1. The van der Waals surface area contributed by atoms with Crippen LogP contribution in [-0.2, 0) is 6.42 Å². The molecule has 0 aliphatic carbocycles. The molecule has 3 heterocycles. The molecule has 3 aromatic rings. The van der Waals surface area contributed by atoms with Gasteiger partial charge in [-0.15, -0.1) is 0 Å². The van der Waals surface area contributed by atoms with E-state index in [1.807, 2.05) is 12.1 Å². The van der Waals surface area contributed by atoms with Crippen molar-refractivity contribution in [3.8, 4) is 0 Å². The highest BCUT2D eigenvalue weighted by atomic mass is 35.5. The van der Waals surface area contributed by atoms with Gasteiger partial charge in [0.05, 0.1) is 26.8 Å². The number of nitro benzene ring substituents is 1. The molecule has 0 bridgehead atoms. The summed E-state index contributed by atoms with van der Waals surface area (Å²) in [7, 11) is 0. The molecule has 0 saturated carbocycles. The SMILES string of the molecule is O=c1[nH]c(CCCN2CCN(c3ccc(Cl)cn3)CC2)cc2c([N+](=O)[O-])cc(F)cc12. The molecular formula is C21H21ClFN5O3. The number of nitro groups is 1. The highest BCUT2D eigenvalue weighted by molar-refractivity contribution is 6.30. The van der Waals surface area contributed by atoms with Crippen LogP contribution in [0.4, 0.5) is 15.9 Å². The van der Waals surface area contributed by atoms with Crippen LogP contribution in [0, 0.1) is 15.9 Å². The molecule has 1 aromatic carbocycles. The molecule has 31 heavy (non-hydrogen) atoms. The Morgan fingerprint density at radius 3 is 2.61 bits per heavy atom. The Labute approximate surface area is 182 Å². The molecule has 4 rings (SSSR count). The summed E-state index contributed by atoms with van der Waals surface area (Å²) in [6, 6.07) is 7.21. The van der Waals surface area contributed by atoms with Crippen LogP contribution in [0.15, 0.2) is 41.3 Å². The van der Waals surface area contributed by atoms with Gasteiger partial charge in [0.1, 0.15) is 11.6 Å². The van der Waals surface area contributed by atoms with E-state index in [4.69, 9.17) is 11.6 Å². The van der Waals surface area contributed by atoms with Gasteiger partial charge in [-0.2, -0.15) is 0 Å². The van der Waals surface area contributed by atoms with E-state index in [1.54, 1.807) is 12.3 Å². The third kappa shape index (κ3) is 4.83.